The highest BCUT2D eigenvalue weighted by Crippen LogP contribution is 2.29. The molecular formula is C10H20F3NOS. The van der Waals surface area contributed by atoms with E-state index in [0.717, 1.165) is 12.8 Å². The lowest BCUT2D eigenvalue weighted by atomic mass is 9.88. The van der Waals surface area contributed by atoms with Gasteiger partial charge in [0.05, 0.1) is 0 Å². The summed E-state index contributed by atoms with van der Waals surface area (Å²) in [4.78, 5) is 0. The van der Waals surface area contributed by atoms with E-state index in [1.807, 2.05) is 13.8 Å². The molecule has 0 aliphatic carbocycles. The maximum absolute atomic E-state index is 11.8. The molecule has 0 aromatic carbocycles. The van der Waals surface area contributed by atoms with Gasteiger partial charge in [0.15, 0.2) is 0 Å². The van der Waals surface area contributed by atoms with E-state index in [1.54, 1.807) is 0 Å². The van der Waals surface area contributed by atoms with Crippen LogP contribution >= 0.6 is 11.8 Å². The Kier molecular flexibility index (Phi) is 7.43. The van der Waals surface area contributed by atoms with Gasteiger partial charge in [-0.2, -0.15) is 13.2 Å². The molecule has 0 atom stereocenters. The summed E-state index contributed by atoms with van der Waals surface area (Å²) in [6, 6.07) is 0. The SMILES string of the molecule is CC(C)(CCCO)CNCCSC(F)(F)F. The van der Waals surface area contributed by atoms with Crippen LogP contribution in [0.25, 0.3) is 0 Å². The minimum Gasteiger partial charge on any atom is -0.396 e. The van der Waals surface area contributed by atoms with Crippen molar-refractivity contribution in [3.8, 4) is 0 Å². The second-order valence-corrected chi connectivity index (χ2v) is 5.62. The first-order valence-electron chi connectivity index (χ1n) is 5.29. The molecule has 0 unspecified atom stereocenters. The Bertz CT molecular complexity index is 185. The first-order valence-corrected chi connectivity index (χ1v) is 6.28. The fraction of sp³-hybridized carbons (Fsp3) is 1.00. The fourth-order valence-electron chi connectivity index (χ4n) is 1.31. The summed E-state index contributed by atoms with van der Waals surface area (Å²) in [6.45, 7) is 5.25. The predicted molar refractivity (Wildman–Crippen MR) is 61.5 cm³/mol. The predicted octanol–water partition coefficient (Wildman–Crippen LogP) is 2.63. The maximum Gasteiger partial charge on any atom is 0.441 e. The van der Waals surface area contributed by atoms with E-state index in [1.165, 1.54) is 0 Å². The van der Waals surface area contributed by atoms with Gasteiger partial charge in [0.2, 0.25) is 0 Å². The van der Waals surface area contributed by atoms with Gasteiger partial charge in [-0.25, -0.2) is 0 Å². The molecule has 0 rings (SSSR count). The third-order valence-electron chi connectivity index (χ3n) is 2.16. The number of hydrogen-bond donors (Lipinski definition) is 2. The number of aliphatic hydroxyl groups is 1. The molecule has 0 aromatic heterocycles. The van der Waals surface area contributed by atoms with Crippen molar-refractivity contribution >= 4 is 11.8 Å². The van der Waals surface area contributed by atoms with Gasteiger partial charge in [-0.3, -0.25) is 0 Å². The van der Waals surface area contributed by atoms with E-state index in [-0.39, 0.29) is 29.5 Å². The van der Waals surface area contributed by atoms with Crippen LogP contribution in [0.5, 0.6) is 0 Å². The van der Waals surface area contributed by atoms with Crippen LogP contribution in [0, 0.1) is 5.41 Å². The van der Waals surface area contributed by atoms with Gasteiger partial charge in [0.25, 0.3) is 0 Å². The Morgan fingerprint density at radius 1 is 1.25 bits per heavy atom. The number of halogens is 3. The highest BCUT2D eigenvalue weighted by molar-refractivity contribution is 8.00. The number of rotatable bonds is 8. The van der Waals surface area contributed by atoms with E-state index in [9.17, 15) is 13.2 Å². The lowest BCUT2D eigenvalue weighted by Crippen LogP contribution is -2.31. The number of thioether (sulfide) groups is 1. The van der Waals surface area contributed by atoms with Crippen LogP contribution in [0.3, 0.4) is 0 Å². The van der Waals surface area contributed by atoms with Gasteiger partial charge >= 0.3 is 5.51 Å². The standard InChI is InChI=1S/C10H20F3NOS/c1-9(2,4-3-6-15)8-14-5-7-16-10(11,12)13/h14-15H,3-8H2,1-2H3. The van der Waals surface area contributed by atoms with Crippen molar-refractivity contribution in [3.05, 3.63) is 0 Å². The molecule has 2 nitrogen and oxygen atoms in total. The summed E-state index contributed by atoms with van der Waals surface area (Å²) in [6.07, 6.45) is 1.59. The van der Waals surface area contributed by atoms with Gasteiger partial charge < -0.3 is 10.4 Å². The van der Waals surface area contributed by atoms with E-state index >= 15 is 0 Å². The highest BCUT2D eigenvalue weighted by Gasteiger charge is 2.27. The first kappa shape index (κ1) is 16.1. The van der Waals surface area contributed by atoms with Gasteiger partial charge in [0, 0.05) is 25.4 Å². The molecule has 0 amide bonds. The average Bonchev–Trinajstić information content (AvgIpc) is 2.12. The zero-order valence-corrected chi connectivity index (χ0v) is 10.5. The summed E-state index contributed by atoms with van der Waals surface area (Å²) in [5.74, 6) is 0.0413. The number of alkyl halides is 3. The van der Waals surface area contributed by atoms with E-state index in [2.05, 4.69) is 5.32 Å². The molecule has 0 aromatic rings. The largest absolute Gasteiger partial charge is 0.441 e. The molecule has 0 bridgehead atoms. The van der Waals surface area contributed by atoms with Crippen LogP contribution in [-0.4, -0.2) is 36.1 Å². The monoisotopic (exact) mass is 259 g/mol. The topological polar surface area (TPSA) is 32.3 Å². The number of aliphatic hydroxyl groups excluding tert-OH is 1. The molecule has 0 fully saturated rings. The highest BCUT2D eigenvalue weighted by atomic mass is 32.2. The third kappa shape index (κ3) is 10.6. The molecule has 0 heterocycles. The Labute approximate surface area is 99.0 Å². The van der Waals surface area contributed by atoms with Crippen LogP contribution in [0.2, 0.25) is 0 Å². The molecule has 0 radical (unpaired) electrons. The van der Waals surface area contributed by atoms with Crippen LogP contribution in [0.4, 0.5) is 13.2 Å². The zero-order valence-electron chi connectivity index (χ0n) is 9.73. The minimum absolute atomic E-state index is 0.000491. The van der Waals surface area contributed by atoms with Gasteiger partial charge in [-0.1, -0.05) is 13.8 Å². The van der Waals surface area contributed by atoms with Crippen molar-refractivity contribution in [2.75, 3.05) is 25.4 Å². The summed E-state index contributed by atoms with van der Waals surface area (Å²) < 4.78 is 35.4. The van der Waals surface area contributed by atoms with E-state index in [0.29, 0.717) is 13.1 Å². The quantitative estimate of drug-likeness (QED) is 0.657. The Balaban J connectivity index is 3.50. The molecule has 0 saturated carbocycles. The summed E-state index contributed by atoms with van der Waals surface area (Å²) in [5.41, 5.74) is -4.11. The van der Waals surface area contributed by atoms with Crippen LogP contribution < -0.4 is 5.32 Å². The average molecular weight is 259 g/mol. The van der Waals surface area contributed by atoms with Crippen molar-refractivity contribution < 1.29 is 18.3 Å². The van der Waals surface area contributed by atoms with Crippen molar-refractivity contribution in [1.29, 1.82) is 0 Å². The molecule has 0 aliphatic heterocycles. The van der Waals surface area contributed by atoms with E-state index in [4.69, 9.17) is 5.11 Å². The maximum atomic E-state index is 11.8. The number of nitrogens with one attached hydrogen (secondary N) is 1. The second-order valence-electron chi connectivity index (χ2n) is 4.46. The van der Waals surface area contributed by atoms with Gasteiger partial charge in [-0.15, -0.1) is 0 Å². The normalized spacial score (nSPS) is 13.1. The van der Waals surface area contributed by atoms with Gasteiger partial charge in [-0.05, 0) is 30.0 Å². The van der Waals surface area contributed by atoms with Crippen LogP contribution in [0.1, 0.15) is 26.7 Å². The molecule has 0 spiro atoms. The van der Waals surface area contributed by atoms with Crippen LogP contribution in [-0.2, 0) is 0 Å². The van der Waals surface area contributed by atoms with Crippen LogP contribution in [0.15, 0.2) is 0 Å². The summed E-state index contributed by atoms with van der Waals surface area (Å²) in [7, 11) is 0. The zero-order chi connectivity index (χ0) is 12.7. The molecule has 2 N–H and O–H groups in total. The number of hydrogen-bond acceptors (Lipinski definition) is 3. The molecule has 16 heavy (non-hydrogen) atoms. The summed E-state index contributed by atoms with van der Waals surface area (Å²) in [5, 5.41) is 11.7. The van der Waals surface area contributed by atoms with Gasteiger partial charge in [0.1, 0.15) is 0 Å². The Hall–Kier alpha value is 0.0600. The minimum atomic E-state index is -4.13. The lowest BCUT2D eigenvalue weighted by Gasteiger charge is -2.24. The first-order chi connectivity index (χ1) is 7.27. The lowest BCUT2D eigenvalue weighted by molar-refractivity contribution is -0.0327. The van der Waals surface area contributed by atoms with Crippen molar-refractivity contribution in [2.24, 2.45) is 5.41 Å². The van der Waals surface area contributed by atoms with Crippen molar-refractivity contribution in [2.45, 2.75) is 32.2 Å². The smallest absolute Gasteiger partial charge is 0.396 e. The van der Waals surface area contributed by atoms with Crippen molar-refractivity contribution in [1.82, 2.24) is 5.32 Å². The molecule has 0 saturated heterocycles. The summed E-state index contributed by atoms with van der Waals surface area (Å²) >= 11 is -0.000491. The molecule has 0 aliphatic rings. The molecule has 98 valence electrons. The van der Waals surface area contributed by atoms with Crippen molar-refractivity contribution in [3.63, 3.8) is 0 Å². The molecule has 6 heteroatoms. The third-order valence-corrected chi connectivity index (χ3v) is 2.90. The van der Waals surface area contributed by atoms with E-state index < -0.39 is 5.51 Å². The molecular weight excluding hydrogens is 239 g/mol. The fourth-order valence-corrected chi connectivity index (χ4v) is 1.79. The Morgan fingerprint density at radius 2 is 1.88 bits per heavy atom. The second kappa shape index (κ2) is 7.40. The Morgan fingerprint density at radius 3 is 2.38 bits per heavy atom.